The summed E-state index contributed by atoms with van der Waals surface area (Å²) in [5.41, 5.74) is 1.23. The van der Waals surface area contributed by atoms with Gasteiger partial charge in [0.2, 0.25) is 5.88 Å². The predicted octanol–water partition coefficient (Wildman–Crippen LogP) is 2.30. The van der Waals surface area contributed by atoms with Crippen molar-refractivity contribution in [1.29, 1.82) is 0 Å². The minimum Gasteiger partial charge on any atom is -0.478 e. The van der Waals surface area contributed by atoms with Crippen LogP contribution in [0.2, 0.25) is 0 Å². The molecule has 19 heavy (non-hydrogen) atoms. The number of nitrogens with one attached hydrogen (secondary N) is 1. The zero-order chi connectivity index (χ0) is 13.9. The van der Waals surface area contributed by atoms with E-state index in [2.05, 4.69) is 42.2 Å². The van der Waals surface area contributed by atoms with E-state index >= 15 is 0 Å². The Morgan fingerprint density at radius 3 is 2.79 bits per heavy atom. The van der Waals surface area contributed by atoms with Gasteiger partial charge < -0.3 is 15.0 Å². The van der Waals surface area contributed by atoms with E-state index in [0.717, 1.165) is 45.1 Å². The topological polar surface area (TPSA) is 37.4 Å². The van der Waals surface area contributed by atoms with Crippen molar-refractivity contribution in [3.63, 3.8) is 0 Å². The lowest BCUT2D eigenvalue weighted by Gasteiger charge is -2.15. The van der Waals surface area contributed by atoms with E-state index in [4.69, 9.17) is 4.74 Å². The second kappa shape index (κ2) is 9.75. The first kappa shape index (κ1) is 15.9. The Balaban J connectivity index is 2.27. The molecular formula is C15H27N3O. The lowest BCUT2D eigenvalue weighted by atomic mass is 10.2. The van der Waals surface area contributed by atoms with Crippen LogP contribution in [0.25, 0.3) is 0 Å². The molecule has 0 atom stereocenters. The summed E-state index contributed by atoms with van der Waals surface area (Å²) in [6.07, 6.45) is 4.10. The van der Waals surface area contributed by atoms with Gasteiger partial charge in [0.25, 0.3) is 0 Å². The van der Waals surface area contributed by atoms with E-state index in [1.807, 2.05) is 12.3 Å². The van der Waals surface area contributed by atoms with Gasteiger partial charge in [0, 0.05) is 18.8 Å². The van der Waals surface area contributed by atoms with Crippen molar-refractivity contribution in [3.8, 4) is 5.88 Å². The molecular weight excluding hydrogens is 238 g/mol. The number of ether oxygens (including phenoxy) is 1. The summed E-state index contributed by atoms with van der Waals surface area (Å²) < 4.78 is 5.60. The molecule has 1 rings (SSSR count). The molecule has 0 unspecified atom stereocenters. The van der Waals surface area contributed by atoms with Gasteiger partial charge in [0.1, 0.15) is 0 Å². The molecule has 0 saturated heterocycles. The molecule has 1 heterocycles. The summed E-state index contributed by atoms with van der Waals surface area (Å²) >= 11 is 0. The summed E-state index contributed by atoms with van der Waals surface area (Å²) in [7, 11) is 2.13. The summed E-state index contributed by atoms with van der Waals surface area (Å²) in [6, 6.07) is 4.06. The molecule has 108 valence electrons. The highest BCUT2D eigenvalue weighted by molar-refractivity contribution is 5.17. The van der Waals surface area contributed by atoms with Gasteiger partial charge in [0.05, 0.1) is 6.61 Å². The lowest BCUT2D eigenvalue weighted by Crippen LogP contribution is -2.18. The number of nitrogens with zero attached hydrogens (tertiary/aromatic N) is 2. The van der Waals surface area contributed by atoms with Crippen LogP contribution in [0, 0.1) is 0 Å². The maximum Gasteiger partial charge on any atom is 0.213 e. The Bertz CT molecular complexity index is 327. The van der Waals surface area contributed by atoms with Gasteiger partial charge in [-0.3, -0.25) is 0 Å². The van der Waals surface area contributed by atoms with Crippen LogP contribution in [-0.2, 0) is 6.54 Å². The third-order valence-corrected chi connectivity index (χ3v) is 2.85. The minimum absolute atomic E-state index is 0.717. The number of rotatable bonds is 10. The van der Waals surface area contributed by atoms with Crippen molar-refractivity contribution in [1.82, 2.24) is 15.2 Å². The molecule has 0 aromatic carbocycles. The van der Waals surface area contributed by atoms with E-state index in [0.29, 0.717) is 0 Å². The highest BCUT2D eigenvalue weighted by atomic mass is 16.5. The SMILES string of the molecule is CCCN(C)Cc1ccc(OCCCNCC)nc1. The molecule has 0 bridgehead atoms. The normalized spacial score (nSPS) is 10.9. The second-order valence-electron chi connectivity index (χ2n) is 4.80. The van der Waals surface area contributed by atoms with Crippen LogP contribution in [0.4, 0.5) is 0 Å². The van der Waals surface area contributed by atoms with Crippen LogP contribution < -0.4 is 10.1 Å². The Morgan fingerprint density at radius 2 is 2.16 bits per heavy atom. The molecule has 1 aromatic rings. The van der Waals surface area contributed by atoms with Crippen LogP contribution in [0.3, 0.4) is 0 Å². The summed E-state index contributed by atoms with van der Waals surface area (Å²) in [6.45, 7) is 9.09. The average Bonchev–Trinajstić information content (AvgIpc) is 2.41. The third-order valence-electron chi connectivity index (χ3n) is 2.85. The average molecular weight is 265 g/mol. The van der Waals surface area contributed by atoms with Crippen LogP contribution in [-0.4, -0.2) is 43.2 Å². The highest BCUT2D eigenvalue weighted by Gasteiger charge is 2.01. The van der Waals surface area contributed by atoms with Crippen LogP contribution in [0.5, 0.6) is 5.88 Å². The fourth-order valence-corrected chi connectivity index (χ4v) is 1.91. The molecule has 0 amide bonds. The van der Waals surface area contributed by atoms with Gasteiger partial charge in [-0.2, -0.15) is 0 Å². The van der Waals surface area contributed by atoms with Crippen molar-refractivity contribution in [2.24, 2.45) is 0 Å². The summed E-state index contributed by atoms with van der Waals surface area (Å²) in [5.74, 6) is 0.721. The molecule has 0 fully saturated rings. The first-order valence-corrected chi connectivity index (χ1v) is 7.23. The summed E-state index contributed by atoms with van der Waals surface area (Å²) in [5, 5.41) is 3.27. The van der Waals surface area contributed by atoms with Crippen molar-refractivity contribution >= 4 is 0 Å². The van der Waals surface area contributed by atoms with Crippen molar-refractivity contribution in [3.05, 3.63) is 23.9 Å². The molecule has 0 radical (unpaired) electrons. The van der Waals surface area contributed by atoms with Crippen LogP contribution in [0.1, 0.15) is 32.3 Å². The predicted molar refractivity (Wildman–Crippen MR) is 79.5 cm³/mol. The zero-order valence-electron chi connectivity index (χ0n) is 12.5. The largest absolute Gasteiger partial charge is 0.478 e. The zero-order valence-corrected chi connectivity index (χ0v) is 12.5. The number of pyridine rings is 1. The molecule has 0 aliphatic carbocycles. The van der Waals surface area contributed by atoms with Crippen molar-refractivity contribution in [2.75, 3.05) is 33.3 Å². The van der Waals surface area contributed by atoms with Gasteiger partial charge in [-0.1, -0.05) is 19.9 Å². The monoisotopic (exact) mass is 265 g/mol. The van der Waals surface area contributed by atoms with Crippen molar-refractivity contribution < 1.29 is 4.74 Å². The smallest absolute Gasteiger partial charge is 0.213 e. The van der Waals surface area contributed by atoms with E-state index in [1.54, 1.807) is 0 Å². The number of aromatic nitrogens is 1. The fourth-order valence-electron chi connectivity index (χ4n) is 1.91. The standard InChI is InChI=1S/C15H27N3O/c1-4-10-18(3)13-14-7-8-15(17-12-14)19-11-6-9-16-5-2/h7-8,12,16H,4-6,9-11,13H2,1-3H3. The molecule has 1 N–H and O–H groups in total. The van der Waals surface area contributed by atoms with E-state index < -0.39 is 0 Å². The van der Waals surface area contributed by atoms with Crippen LogP contribution >= 0.6 is 0 Å². The van der Waals surface area contributed by atoms with E-state index in [9.17, 15) is 0 Å². The maximum atomic E-state index is 5.60. The molecule has 4 heteroatoms. The Kier molecular flexibility index (Phi) is 8.18. The van der Waals surface area contributed by atoms with Crippen molar-refractivity contribution in [2.45, 2.75) is 33.2 Å². The van der Waals surface area contributed by atoms with Gasteiger partial charge >= 0.3 is 0 Å². The minimum atomic E-state index is 0.717. The first-order chi connectivity index (χ1) is 9.26. The third kappa shape index (κ3) is 7.13. The molecule has 4 nitrogen and oxygen atoms in total. The van der Waals surface area contributed by atoms with Gasteiger partial charge in [-0.05, 0) is 45.1 Å². The molecule has 0 spiro atoms. The van der Waals surface area contributed by atoms with Gasteiger partial charge in [-0.25, -0.2) is 4.98 Å². The lowest BCUT2D eigenvalue weighted by molar-refractivity contribution is 0.296. The Labute approximate surface area is 117 Å². The highest BCUT2D eigenvalue weighted by Crippen LogP contribution is 2.09. The fraction of sp³-hybridized carbons (Fsp3) is 0.667. The van der Waals surface area contributed by atoms with E-state index in [1.165, 1.54) is 12.0 Å². The quantitative estimate of drug-likeness (QED) is 0.659. The van der Waals surface area contributed by atoms with Crippen LogP contribution in [0.15, 0.2) is 18.3 Å². The second-order valence-corrected chi connectivity index (χ2v) is 4.80. The molecule has 1 aromatic heterocycles. The first-order valence-electron chi connectivity index (χ1n) is 7.23. The Morgan fingerprint density at radius 1 is 1.32 bits per heavy atom. The molecule has 0 aliphatic heterocycles. The van der Waals surface area contributed by atoms with E-state index in [-0.39, 0.29) is 0 Å². The van der Waals surface area contributed by atoms with Gasteiger partial charge in [-0.15, -0.1) is 0 Å². The van der Waals surface area contributed by atoms with Gasteiger partial charge in [0.15, 0.2) is 0 Å². The number of hydrogen-bond donors (Lipinski definition) is 1. The number of hydrogen-bond acceptors (Lipinski definition) is 4. The summed E-state index contributed by atoms with van der Waals surface area (Å²) in [4.78, 5) is 6.64. The maximum absolute atomic E-state index is 5.60. The molecule has 0 aliphatic rings. The molecule has 0 saturated carbocycles. The Hall–Kier alpha value is -1.13.